The molecular formula is C13H13BrN2O. The van der Waals surface area contributed by atoms with Gasteiger partial charge in [0.25, 0.3) is 0 Å². The summed E-state index contributed by atoms with van der Waals surface area (Å²) in [6, 6.07) is 9.46. The Morgan fingerprint density at radius 2 is 2.06 bits per heavy atom. The molecule has 0 saturated heterocycles. The second-order valence-electron chi connectivity index (χ2n) is 3.66. The van der Waals surface area contributed by atoms with Crippen LogP contribution in [0.15, 0.2) is 47.2 Å². The number of para-hydroxylation sites is 1. The number of hydrogen-bond donors (Lipinski definition) is 1. The Balaban J connectivity index is 2.40. The molecule has 2 N–H and O–H groups in total. The summed E-state index contributed by atoms with van der Waals surface area (Å²) in [7, 11) is 1.64. The maximum Gasteiger partial charge on any atom is 0.123 e. The second kappa shape index (κ2) is 5.29. The van der Waals surface area contributed by atoms with Gasteiger partial charge in [-0.1, -0.05) is 18.2 Å². The number of nitrogens with zero attached hydrogens (tertiary/aromatic N) is 1. The number of ether oxygens (including phenoxy) is 1. The highest BCUT2D eigenvalue weighted by Crippen LogP contribution is 2.28. The zero-order valence-electron chi connectivity index (χ0n) is 9.43. The molecule has 4 heteroatoms. The van der Waals surface area contributed by atoms with E-state index < -0.39 is 0 Å². The van der Waals surface area contributed by atoms with Crippen molar-refractivity contribution in [2.75, 3.05) is 7.11 Å². The molecule has 0 bridgehead atoms. The Bertz CT molecular complexity index is 516. The number of pyridine rings is 1. The van der Waals surface area contributed by atoms with Gasteiger partial charge < -0.3 is 10.5 Å². The molecule has 0 aliphatic rings. The fourth-order valence-electron chi connectivity index (χ4n) is 1.70. The van der Waals surface area contributed by atoms with E-state index >= 15 is 0 Å². The van der Waals surface area contributed by atoms with Crippen molar-refractivity contribution < 1.29 is 4.74 Å². The number of benzene rings is 1. The molecule has 0 aliphatic carbocycles. The second-order valence-corrected chi connectivity index (χ2v) is 4.57. The fraction of sp³-hybridized carbons (Fsp3) is 0.154. The lowest BCUT2D eigenvalue weighted by Crippen LogP contribution is -2.13. The predicted octanol–water partition coefficient (Wildman–Crippen LogP) is 2.90. The molecule has 88 valence electrons. The van der Waals surface area contributed by atoms with E-state index in [-0.39, 0.29) is 6.04 Å². The van der Waals surface area contributed by atoms with Crippen LogP contribution in [0.5, 0.6) is 5.75 Å². The van der Waals surface area contributed by atoms with Gasteiger partial charge in [-0.25, -0.2) is 0 Å². The highest BCUT2D eigenvalue weighted by atomic mass is 79.9. The topological polar surface area (TPSA) is 48.1 Å². The molecule has 2 aromatic rings. The zero-order chi connectivity index (χ0) is 12.3. The van der Waals surface area contributed by atoms with E-state index in [2.05, 4.69) is 20.9 Å². The van der Waals surface area contributed by atoms with Crippen molar-refractivity contribution in [3.63, 3.8) is 0 Å². The normalized spacial score (nSPS) is 12.2. The summed E-state index contributed by atoms with van der Waals surface area (Å²) in [5, 5.41) is 0. The largest absolute Gasteiger partial charge is 0.496 e. The molecule has 1 aromatic heterocycles. The van der Waals surface area contributed by atoms with E-state index in [9.17, 15) is 0 Å². The van der Waals surface area contributed by atoms with Gasteiger partial charge in [-0.05, 0) is 33.6 Å². The zero-order valence-corrected chi connectivity index (χ0v) is 11.0. The molecular weight excluding hydrogens is 280 g/mol. The summed E-state index contributed by atoms with van der Waals surface area (Å²) in [6.07, 6.45) is 3.50. The summed E-state index contributed by atoms with van der Waals surface area (Å²) in [5.74, 6) is 0.792. The smallest absolute Gasteiger partial charge is 0.123 e. The molecule has 0 fully saturated rings. The maximum absolute atomic E-state index is 6.22. The molecule has 17 heavy (non-hydrogen) atoms. The molecule has 0 aliphatic heterocycles. The van der Waals surface area contributed by atoms with Crippen LogP contribution in [0, 0.1) is 0 Å². The van der Waals surface area contributed by atoms with Crippen LogP contribution in [0.2, 0.25) is 0 Å². The standard InChI is InChI=1S/C13H13BrN2O/c1-17-12-5-3-2-4-11(12)13(15)9-6-10(14)8-16-7-9/h2-8,13H,15H2,1H3. The van der Waals surface area contributed by atoms with Gasteiger partial charge in [-0.2, -0.15) is 0 Å². The van der Waals surface area contributed by atoms with Gasteiger partial charge in [0.1, 0.15) is 5.75 Å². The summed E-state index contributed by atoms with van der Waals surface area (Å²) >= 11 is 3.39. The summed E-state index contributed by atoms with van der Waals surface area (Å²) in [5.41, 5.74) is 8.12. The van der Waals surface area contributed by atoms with Crippen LogP contribution in [0.4, 0.5) is 0 Å². The first-order valence-corrected chi connectivity index (χ1v) is 6.00. The third kappa shape index (κ3) is 2.65. The van der Waals surface area contributed by atoms with Crippen LogP contribution in [0.1, 0.15) is 17.2 Å². The monoisotopic (exact) mass is 292 g/mol. The summed E-state index contributed by atoms with van der Waals surface area (Å²) in [4.78, 5) is 4.12. The lowest BCUT2D eigenvalue weighted by molar-refractivity contribution is 0.408. The van der Waals surface area contributed by atoms with E-state index in [1.54, 1.807) is 19.5 Å². The van der Waals surface area contributed by atoms with Gasteiger partial charge in [-0.15, -0.1) is 0 Å². The number of rotatable bonds is 3. The third-order valence-electron chi connectivity index (χ3n) is 2.56. The lowest BCUT2D eigenvalue weighted by atomic mass is 10.0. The highest BCUT2D eigenvalue weighted by Gasteiger charge is 2.13. The molecule has 2 rings (SSSR count). The van der Waals surface area contributed by atoms with Gasteiger partial charge in [0.2, 0.25) is 0 Å². The Labute approximate surface area is 109 Å². The molecule has 1 atom stereocenters. The van der Waals surface area contributed by atoms with E-state index in [1.165, 1.54) is 0 Å². The van der Waals surface area contributed by atoms with Gasteiger partial charge in [0.05, 0.1) is 13.2 Å². The van der Waals surface area contributed by atoms with Crippen LogP contribution in [0.25, 0.3) is 0 Å². The van der Waals surface area contributed by atoms with Gasteiger partial charge >= 0.3 is 0 Å². The van der Waals surface area contributed by atoms with E-state index in [0.717, 1.165) is 21.3 Å². The minimum atomic E-state index is -0.240. The van der Waals surface area contributed by atoms with Crippen molar-refractivity contribution in [2.24, 2.45) is 5.73 Å². The van der Waals surface area contributed by atoms with Crippen LogP contribution < -0.4 is 10.5 Å². The molecule has 0 spiro atoms. The number of nitrogens with two attached hydrogens (primary N) is 1. The molecule has 0 saturated carbocycles. The number of hydrogen-bond acceptors (Lipinski definition) is 3. The summed E-state index contributed by atoms with van der Waals surface area (Å²) in [6.45, 7) is 0. The quantitative estimate of drug-likeness (QED) is 0.946. The Hall–Kier alpha value is -1.39. The van der Waals surface area contributed by atoms with E-state index in [1.807, 2.05) is 30.3 Å². The van der Waals surface area contributed by atoms with E-state index in [4.69, 9.17) is 10.5 Å². The van der Waals surface area contributed by atoms with Crippen LogP contribution in [-0.4, -0.2) is 12.1 Å². The number of methoxy groups -OCH3 is 1. The molecule has 1 unspecified atom stereocenters. The average molecular weight is 293 g/mol. The van der Waals surface area contributed by atoms with Crippen LogP contribution >= 0.6 is 15.9 Å². The first-order valence-electron chi connectivity index (χ1n) is 5.21. The Kier molecular flexibility index (Phi) is 3.76. The molecule has 1 aromatic carbocycles. The van der Waals surface area contributed by atoms with Crippen LogP contribution in [-0.2, 0) is 0 Å². The van der Waals surface area contributed by atoms with Gasteiger partial charge in [0.15, 0.2) is 0 Å². The molecule has 0 amide bonds. The number of halogens is 1. The van der Waals surface area contributed by atoms with Crippen molar-refractivity contribution in [1.29, 1.82) is 0 Å². The van der Waals surface area contributed by atoms with Crippen molar-refractivity contribution >= 4 is 15.9 Å². The van der Waals surface area contributed by atoms with Crippen molar-refractivity contribution in [3.8, 4) is 5.75 Å². The third-order valence-corrected chi connectivity index (χ3v) is 2.99. The Morgan fingerprint density at radius 3 is 2.76 bits per heavy atom. The molecule has 0 radical (unpaired) electrons. The van der Waals surface area contributed by atoms with Crippen molar-refractivity contribution in [1.82, 2.24) is 4.98 Å². The molecule has 1 heterocycles. The van der Waals surface area contributed by atoms with Crippen LogP contribution in [0.3, 0.4) is 0 Å². The van der Waals surface area contributed by atoms with E-state index in [0.29, 0.717) is 0 Å². The lowest BCUT2D eigenvalue weighted by Gasteiger charge is -2.15. The van der Waals surface area contributed by atoms with Crippen molar-refractivity contribution in [2.45, 2.75) is 6.04 Å². The molecule has 3 nitrogen and oxygen atoms in total. The average Bonchev–Trinajstić information content (AvgIpc) is 2.38. The first kappa shape index (κ1) is 12.1. The highest BCUT2D eigenvalue weighted by molar-refractivity contribution is 9.10. The van der Waals surface area contributed by atoms with Crippen molar-refractivity contribution in [3.05, 3.63) is 58.3 Å². The summed E-state index contributed by atoms with van der Waals surface area (Å²) < 4.78 is 6.22. The Morgan fingerprint density at radius 1 is 1.29 bits per heavy atom. The maximum atomic E-state index is 6.22. The fourth-order valence-corrected chi connectivity index (χ4v) is 2.08. The SMILES string of the molecule is COc1ccccc1C(N)c1cncc(Br)c1. The first-order chi connectivity index (χ1) is 8.22. The minimum absolute atomic E-state index is 0.240. The number of aromatic nitrogens is 1. The predicted molar refractivity (Wildman–Crippen MR) is 71.0 cm³/mol. The van der Waals surface area contributed by atoms with Gasteiger partial charge in [-0.3, -0.25) is 4.98 Å². The minimum Gasteiger partial charge on any atom is -0.496 e. The van der Waals surface area contributed by atoms with Gasteiger partial charge in [0, 0.05) is 22.4 Å².